The average molecular weight is 721 g/mol. The lowest BCUT2D eigenvalue weighted by Crippen LogP contribution is -2.50. The van der Waals surface area contributed by atoms with Crippen LogP contribution >= 0.6 is 0 Å². The zero-order valence-corrected chi connectivity index (χ0v) is 35.5. The zero-order valence-electron chi connectivity index (χ0n) is 35.5. The molecule has 0 heterocycles. The van der Waals surface area contributed by atoms with E-state index in [1.807, 2.05) is 14.1 Å². The number of carbonyl (C=O) groups is 2. The minimum absolute atomic E-state index is 0.0711. The molecule has 1 aliphatic carbocycles. The van der Waals surface area contributed by atoms with Crippen LogP contribution in [0.25, 0.3) is 0 Å². The van der Waals surface area contributed by atoms with Gasteiger partial charge in [0.25, 0.3) is 0 Å². The molecule has 2 N–H and O–H groups in total. The molecule has 1 fully saturated rings. The fourth-order valence-corrected chi connectivity index (χ4v) is 8.65. The van der Waals surface area contributed by atoms with Gasteiger partial charge in [-0.15, -0.1) is 0 Å². The Morgan fingerprint density at radius 3 is 1.69 bits per heavy atom. The van der Waals surface area contributed by atoms with Gasteiger partial charge in [-0.1, -0.05) is 144 Å². The molecule has 0 amide bonds. The van der Waals surface area contributed by atoms with Crippen molar-refractivity contribution in [2.45, 2.75) is 239 Å². The van der Waals surface area contributed by atoms with E-state index >= 15 is 0 Å². The maximum absolute atomic E-state index is 13.6. The van der Waals surface area contributed by atoms with Crippen LogP contribution in [-0.2, 0) is 19.1 Å². The first kappa shape index (κ1) is 47.9. The Kier molecular flexibility index (Phi) is 26.6. The van der Waals surface area contributed by atoms with Crippen molar-refractivity contribution in [3.63, 3.8) is 0 Å². The Hall–Kier alpha value is -1.14. The Bertz CT molecular complexity index is 856. The summed E-state index contributed by atoms with van der Waals surface area (Å²) >= 11 is 0. The summed E-state index contributed by atoms with van der Waals surface area (Å²) in [6.07, 6.45) is 31.3. The maximum Gasteiger partial charge on any atom is 0.306 e. The van der Waals surface area contributed by atoms with Gasteiger partial charge in [-0.2, -0.15) is 0 Å². The highest BCUT2D eigenvalue weighted by Gasteiger charge is 2.41. The van der Waals surface area contributed by atoms with E-state index in [1.165, 1.54) is 122 Å². The van der Waals surface area contributed by atoms with Crippen LogP contribution < -0.4 is 5.73 Å². The number of esters is 2. The van der Waals surface area contributed by atoms with Crippen molar-refractivity contribution in [3.05, 3.63) is 0 Å². The predicted octanol–water partition coefficient (Wildman–Crippen LogP) is 12.3. The Balaban J connectivity index is 2.90. The molecule has 0 bridgehead atoms. The molecule has 0 aliphatic heterocycles. The number of unbranched alkanes of at least 4 members (excludes halogenated alkanes) is 15. The van der Waals surface area contributed by atoms with Gasteiger partial charge in [0.15, 0.2) is 0 Å². The lowest BCUT2D eigenvalue weighted by molar-refractivity contribution is -0.158. The van der Waals surface area contributed by atoms with E-state index in [4.69, 9.17) is 15.2 Å². The second-order valence-electron chi connectivity index (χ2n) is 17.9. The largest absolute Gasteiger partial charge is 0.462 e. The third-order valence-corrected chi connectivity index (χ3v) is 11.8. The van der Waals surface area contributed by atoms with E-state index in [9.17, 15) is 9.59 Å². The van der Waals surface area contributed by atoms with Gasteiger partial charge in [0.1, 0.15) is 12.2 Å². The molecule has 0 aromatic carbocycles. The van der Waals surface area contributed by atoms with Crippen molar-refractivity contribution in [2.24, 2.45) is 23.0 Å². The highest BCUT2D eigenvalue weighted by atomic mass is 16.5. The van der Waals surface area contributed by atoms with Gasteiger partial charge in [0.05, 0.1) is 0 Å². The summed E-state index contributed by atoms with van der Waals surface area (Å²) in [5.41, 5.74) is 6.87. The third kappa shape index (κ3) is 23.3. The minimum Gasteiger partial charge on any atom is -0.462 e. The van der Waals surface area contributed by atoms with Gasteiger partial charge < -0.3 is 20.1 Å². The van der Waals surface area contributed by atoms with Gasteiger partial charge in [-0.05, 0) is 97.2 Å². The normalized spacial score (nSPS) is 18.3. The first-order valence-corrected chi connectivity index (χ1v) is 22.2. The summed E-state index contributed by atoms with van der Waals surface area (Å²) in [4.78, 5) is 28.1. The van der Waals surface area contributed by atoms with Crippen LogP contribution in [0.3, 0.4) is 0 Å². The summed E-state index contributed by atoms with van der Waals surface area (Å²) in [7, 11) is 4.04. The van der Waals surface area contributed by atoms with E-state index in [2.05, 4.69) is 46.4 Å². The molecule has 6 heteroatoms. The molecule has 4 atom stereocenters. The second-order valence-corrected chi connectivity index (χ2v) is 17.9. The minimum atomic E-state index is -0.308. The number of ether oxygens (including phenoxy) is 2. The molecule has 0 saturated heterocycles. The highest BCUT2D eigenvalue weighted by molar-refractivity contribution is 5.70. The van der Waals surface area contributed by atoms with Crippen LogP contribution in [0.1, 0.15) is 221 Å². The van der Waals surface area contributed by atoms with E-state index in [0.717, 1.165) is 51.5 Å². The first-order valence-electron chi connectivity index (χ1n) is 22.2. The smallest absolute Gasteiger partial charge is 0.306 e. The van der Waals surface area contributed by atoms with Crippen molar-refractivity contribution >= 4 is 11.9 Å². The molecule has 0 aromatic heterocycles. The number of nitrogens with zero attached hydrogens (tertiary/aromatic N) is 1. The summed E-state index contributed by atoms with van der Waals surface area (Å²) in [5, 5.41) is 0. The molecule has 1 rings (SSSR count). The Labute approximate surface area is 317 Å². The third-order valence-electron chi connectivity index (χ3n) is 11.8. The van der Waals surface area contributed by atoms with Crippen LogP contribution in [0, 0.1) is 17.3 Å². The van der Waals surface area contributed by atoms with Crippen molar-refractivity contribution in [3.8, 4) is 0 Å². The Morgan fingerprint density at radius 2 is 1.18 bits per heavy atom. The summed E-state index contributed by atoms with van der Waals surface area (Å²) in [6, 6.07) is 0. The van der Waals surface area contributed by atoms with Crippen molar-refractivity contribution in [1.29, 1.82) is 0 Å². The van der Waals surface area contributed by atoms with Gasteiger partial charge in [-0.25, -0.2) is 0 Å². The first-order chi connectivity index (χ1) is 24.3. The zero-order chi connectivity index (χ0) is 38.0. The van der Waals surface area contributed by atoms with E-state index in [-0.39, 0.29) is 41.0 Å². The maximum atomic E-state index is 13.6. The van der Waals surface area contributed by atoms with Gasteiger partial charge in [-0.3, -0.25) is 9.59 Å². The number of nitrogens with two attached hydrogens (primary N) is 1. The summed E-state index contributed by atoms with van der Waals surface area (Å²) in [5.74, 6) is 0.507. The van der Waals surface area contributed by atoms with Crippen LogP contribution in [0.15, 0.2) is 0 Å². The fraction of sp³-hybridized carbons (Fsp3) is 0.956. The summed E-state index contributed by atoms with van der Waals surface area (Å²) < 4.78 is 12.3. The molecule has 0 spiro atoms. The molecule has 51 heavy (non-hydrogen) atoms. The molecule has 1 aliphatic rings. The van der Waals surface area contributed by atoms with Crippen LogP contribution in [-0.4, -0.2) is 55.2 Å². The predicted molar refractivity (Wildman–Crippen MR) is 218 cm³/mol. The van der Waals surface area contributed by atoms with Crippen LogP contribution in [0.4, 0.5) is 0 Å². The van der Waals surface area contributed by atoms with Crippen LogP contribution in [0.5, 0.6) is 0 Å². The monoisotopic (exact) mass is 721 g/mol. The molecule has 0 aromatic rings. The SMILES string of the molecule is CCCCCCCCC(OC(=O)CC1CCC(OC(=O)CCCN(C)C)C1)C(C)(C)CC(C)(N)C(CCCCCCCC)CCCCCCCC. The average Bonchev–Trinajstić information content (AvgIpc) is 3.49. The number of hydrogen-bond donors (Lipinski definition) is 1. The van der Waals surface area contributed by atoms with Crippen molar-refractivity contribution < 1.29 is 19.1 Å². The molecular weight excluding hydrogens is 633 g/mol. The quantitative estimate of drug-likeness (QED) is 0.0537. The molecule has 6 nitrogen and oxygen atoms in total. The number of rotatable bonds is 33. The van der Waals surface area contributed by atoms with E-state index in [0.29, 0.717) is 18.8 Å². The molecular formula is C45H88N2O4. The molecule has 4 unspecified atom stereocenters. The topological polar surface area (TPSA) is 81.9 Å². The van der Waals surface area contributed by atoms with Crippen molar-refractivity contribution in [1.82, 2.24) is 4.90 Å². The molecule has 1 saturated carbocycles. The molecule has 302 valence electrons. The fourth-order valence-electron chi connectivity index (χ4n) is 8.65. The van der Waals surface area contributed by atoms with Gasteiger partial charge in [0.2, 0.25) is 0 Å². The lowest BCUT2D eigenvalue weighted by Gasteiger charge is -2.44. The van der Waals surface area contributed by atoms with Crippen LogP contribution in [0.2, 0.25) is 0 Å². The second kappa shape index (κ2) is 28.3. The molecule has 0 radical (unpaired) electrons. The number of hydrogen-bond acceptors (Lipinski definition) is 6. The van der Waals surface area contributed by atoms with Crippen molar-refractivity contribution in [2.75, 3.05) is 20.6 Å². The van der Waals surface area contributed by atoms with Gasteiger partial charge >= 0.3 is 11.9 Å². The Morgan fingerprint density at radius 1 is 0.686 bits per heavy atom. The van der Waals surface area contributed by atoms with E-state index in [1.54, 1.807) is 0 Å². The van der Waals surface area contributed by atoms with E-state index < -0.39 is 0 Å². The highest BCUT2D eigenvalue weighted by Crippen LogP contribution is 2.41. The van der Waals surface area contributed by atoms with Gasteiger partial charge in [0, 0.05) is 23.8 Å². The summed E-state index contributed by atoms with van der Waals surface area (Å²) in [6.45, 7) is 14.6. The number of carbonyl (C=O) groups excluding carboxylic acids is 2. The lowest BCUT2D eigenvalue weighted by atomic mass is 9.67. The standard InChI is InChI=1S/C45H88N2O4/c1-9-12-15-18-21-24-28-39(29-25-22-19-16-13-10-2)45(6,46)37-44(4,5)41(30-26-23-20-17-14-11-3)51-43(49)36-38-32-33-40(35-38)50-42(48)31-27-34-47(7)8/h38-41H,9-37,46H2,1-8H3.